The monoisotopic (exact) mass is 315 g/mol. The summed E-state index contributed by atoms with van der Waals surface area (Å²) in [6.45, 7) is 3.67. The van der Waals surface area contributed by atoms with Gasteiger partial charge in [-0.05, 0) is 48.6 Å². The van der Waals surface area contributed by atoms with E-state index >= 15 is 0 Å². The van der Waals surface area contributed by atoms with Crippen LogP contribution in [0.5, 0.6) is 0 Å². The van der Waals surface area contributed by atoms with E-state index in [2.05, 4.69) is 5.32 Å². The summed E-state index contributed by atoms with van der Waals surface area (Å²) in [6, 6.07) is 12.1. The number of carbonyl (C=O) groups is 1. The SMILES string of the molecule is Cc1ccc(CO)cc1NC(=O)C(C)CCc1ccccc1F. The first-order chi connectivity index (χ1) is 11.0. The molecule has 0 aliphatic rings. The number of benzene rings is 2. The molecule has 0 fully saturated rings. The molecular weight excluding hydrogens is 293 g/mol. The highest BCUT2D eigenvalue weighted by molar-refractivity contribution is 5.93. The lowest BCUT2D eigenvalue weighted by molar-refractivity contribution is -0.119. The lowest BCUT2D eigenvalue weighted by atomic mass is 9.99. The van der Waals surface area contributed by atoms with Gasteiger partial charge in [0, 0.05) is 11.6 Å². The van der Waals surface area contributed by atoms with Crippen LogP contribution in [0.3, 0.4) is 0 Å². The number of carbonyl (C=O) groups excluding carboxylic acids is 1. The molecule has 1 amide bonds. The molecule has 0 heterocycles. The number of nitrogens with one attached hydrogen (secondary N) is 1. The van der Waals surface area contributed by atoms with Gasteiger partial charge in [0.1, 0.15) is 5.82 Å². The molecule has 0 radical (unpaired) electrons. The third kappa shape index (κ3) is 4.63. The Morgan fingerprint density at radius 2 is 2.00 bits per heavy atom. The summed E-state index contributed by atoms with van der Waals surface area (Å²) in [5, 5.41) is 12.1. The maximum Gasteiger partial charge on any atom is 0.227 e. The standard InChI is InChI=1S/C19H22FNO2/c1-13-7-9-15(12-22)11-18(13)21-19(23)14(2)8-10-16-5-3-4-6-17(16)20/h3-7,9,11,14,22H,8,10,12H2,1-2H3,(H,21,23). The van der Waals surface area contributed by atoms with Crippen LogP contribution in [0.25, 0.3) is 0 Å². The second kappa shape index (κ2) is 7.88. The van der Waals surface area contributed by atoms with Gasteiger partial charge in [0.2, 0.25) is 5.91 Å². The first-order valence-electron chi connectivity index (χ1n) is 7.76. The van der Waals surface area contributed by atoms with Gasteiger partial charge in [-0.3, -0.25) is 4.79 Å². The quantitative estimate of drug-likeness (QED) is 0.851. The topological polar surface area (TPSA) is 49.3 Å². The zero-order valence-electron chi connectivity index (χ0n) is 13.5. The third-order valence-electron chi connectivity index (χ3n) is 3.99. The van der Waals surface area contributed by atoms with E-state index in [1.54, 1.807) is 24.3 Å². The van der Waals surface area contributed by atoms with Crippen LogP contribution in [-0.2, 0) is 17.8 Å². The Morgan fingerprint density at radius 3 is 2.70 bits per heavy atom. The molecule has 3 nitrogen and oxygen atoms in total. The molecule has 0 spiro atoms. The number of aliphatic hydroxyl groups is 1. The molecule has 23 heavy (non-hydrogen) atoms. The highest BCUT2D eigenvalue weighted by Crippen LogP contribution is 2.19. The fourth-order valence-electron chi connectivity index (χ4n) is 2.36. The van der Waals surface area contributed by atoms with Crippen molar-refractivity contribution in [1.29, 1.82) is 0 Å². The molecule has 0 saturated heterocycles. The van der Waals surface area contributed by atoms with Crippen molar-refractivity contribution in [1.82, 2.24) is 0 Å². The van der Waals surface area contributed by atoms with E-state index in [1.807, 2.05) is 26.0 Å². The van der Waals surface area contributed by atoms with Crippen LogP contribution in [-0.4, -0.2) is 11.0 Å². The number of halogens is 1. The molecule has 0 saturated carbocycles. The molecule has 0 aliphatic carbocycles. The van der Waals surface area contributed by atoms with Crippen molar-refractivity contribution in [2.24, 2.45) is 5.92 Å². The molecule has 2 aromatic carbocycles. The van der Waals surface area contributed by atoms with Crippen molar-refractivity contribution in [2.75, 3.05) is 5.32 Å². The number of anilines is 1. The van der Waals surface area contributed by atoms with E-state index in [4.69, 9.17) is 0 Å². The summed E-state index contributed by atoms with van der Waals surface area (Å²) in [7, 11) is 0. The molecule has 1 unspecified atom stereocenters. The van der Waals surface area contributed by atoms with Gasteiger partial charge in [0.05, 0.1) is 6.61 Å². The van der Waals surface area contributed by atoms with Crippen molar-refractivity contribution in [3.63, 3.8) is 0 Å². The lowest BCUT2D eigenvalue weighted by Crippen LogP contribution is -2.21. The molecular formula is C19H22FNO2. The molecule has 122 valence electrons. The zero-order valence-corrected chi connectivity index (χ0v) is 13.5. The minimum absolute atomic E-state index is 0.0635. The second-order valence-corrected chi connectivity index (χ2v) is 5.83. The smallest absolute Gasteiger partial charge is 0.227 e. The minimum atomic E-state index is -0.230. The highest BCUT2D eigenvalue weighted by Gasteiger charge is 2.15. The van der Waals surface area contributed by atoms with E-state index in [0.29, 0.717) is 24.1 Å². The lowest BCUT2D eigenvalue weighted by Gasteiger charge is -2.14. The molecule has 0 aliphatic heterocycles. The van der Waals surface area contributed by atoms with Crippen LogP contribution >= 0.6 is 0 Å². The van der Waals surface area contributed by atoms with Crippen molar-refractivity contribution >= 4 is 11.6 Å². The van der Waals surface area contributed by atoms with Crippen LogP contribution in [0.2, 0.25) is 0 Å². The molecule has 0 bridgehead atoms. The number of hydrogen-bond donors (Lipinski definition) is 2. The summed E-state index contributed by atoms with van der Waals surface area (Å²) in [5.41, 5.74) is 3.03. The van der Waals surface area contributed by atoms with Crippen molar-refractivity contribution < 1.29 is 14.3 Å². The van der Waals surface area contributed by atoms with Crippen LogP contribution in [0.15, 0.2) is 42.5 Å². The molecule has 1 atom stereocenters. The fraction of sp³-hybridized carbons (Fsp3) is 0.316. The Balaban J connectivity index is 1.96. The van der Waals surface area contributed by atoms with Crippen molar-refractivity contribution in [3.8, 4) is 0 Å². The molecule has 4 heteroatoms. The van der Waals surface area contributed by atoms with Gasteiger partial charge < -0.3 is 10.4 Å². The van der Waals surface area contributed by atoms with Crippen LogP contribution < -0.4 is 5.32 Å². The third-order valence-corrected chi connectivity index (χ3v) is 3.99. The summed E-state index contributed by atoms with van der Waals surface area (Å²) >= 11 is 0. The maximum atomic E-state index is 13.6. The van der Waals surface area contributed by atoms with Crippen LogP contribution in [0, 0.1) is 18.7 Å². The van der Waals surface area contributed by atoms with Gasteiger partial charge >= 0.3 is 0 Å². The maximum absolute atomic E-state index is 13.6. The Kier molecular flexibility index (Phi) is 5.88. The fourth-order valence-corrected chi connectivity index (χ4v) is 2.36. The summed E-state index contributed by atoms with van der Waals surface area (Å²) in [4.78, 5) is 12.3. The molecule has 2 N–H and O–H groups in total. The average molecular weight is 315 g/mol. The van der Waals surface area contributed by atoms with E-state index in [9.17, 15) is 14.3 Å². The van der Waals surface area contributed by atoms with Gasteiger partial charge in [0.15, 0.2) is 0 Å². The Hall–Kier alpha value is -2.20. The summed E-state index contributed by atoms with van der Waals surface area (Å²) in [5.74, 6) is -0.557. The van der Waals surface area contributed by atoms with Gasteiger partial charge in [0.25, 0.3) is 0 Å². The van der Waals surface area contributed by atoms with Crippen molar-refractivity contribution in [3.05, 3.63) is 65.0 Å². The largest absolute Gasteiger partial charge is 0.392 e. The Labute approximate surface area is 136 Å². The van der Waals surface area contributed by atoms with Gasteiger partial charge in [-0.1, -0.05) is 37.3 Å². The van der Waals surface area contributed by atoms with E-state index in [1.165, 1.54) is 6.07 Å². The molecule has 2 rings (SSSR count). The van der Waals surface area contributed by atoms with Crippen LogP contribution in [0.1, 0.15) is 30.0 Å². The summed E-state index contributed by atoms with van der Waals surface area (Å²) < 4.78 is 13.6. The first kappa shape index (κ1) is 17.2. The number of amides is 1. The number of hydrogen-bond acceptors (Lipinski definition) is 2. The number of rotatable bonds is 6. The van der Waals surface area contributed by atoms with Gasteiger partial charge in [-0.2, -0.15) is 0 Å². The molecule has 0 aromatic heterocycles. The Bertz CT molecular complexity index is 685. The second-order valence-electron chi connectivity index (χ2n) is 5.83. The average Bonchev–Trinajstić information content (AvgIpc) is 2.55. The minimum Gasteiger partial charge on any atom is -0.392 e. The van der Waals surface area contributed by atoms with Crippen molar-refractivity contribution in [2.45, 2.75) is 33.3 Å². The van der Waals surface area contributed by atoms with Gasteiger partial charge in [-0.15, -0.1) is 0 Å². The van der Waals surface area contributed by atoms with Crippen LogP contribution in [0.4, 0.5) is 10.1 Å². The van der Waals surface area contributed by atoms with E-state index < -0.39 is 0 Å². The normalized spacial score (nSPS) is 12.0. The van der Waals surface area contributed by atoms with Gasteiger partial charge in [-0.25, -0.2) is 4.39 Å². The Morgan fingerprint density at radius 1 is 1.26 bits per heavy atom. The highest BCUT2D eigenvalue weighted by atomic mass is 19.1. The number of aliphatic hydroxyl groups excluding tert-OH is 1. The predicted octanol–water partition coefficient (Wildman–Crippen LogP) is 3.83. The predicted molar refractivity (Wildman–Crippen MR) is 89.6 cm³/mol. The van der Waals surface area contributed by atoms with E-state index in [0.717, 1.165) is 11.1 Å². The summed E-state index contributed by atoms with van der Waals surface area (Å²) in [6.07, 6.45) is 1.10. The van der Waals surface area contributed by atoms with E-state index in [-0.39, 0.29) is 24.2 Å². The zero-order chi connectivity index (χ0) is 16.8. The molecule has 2 aromatic rings. The first-order valence-corrected chi connectivity index (χ1v) is 7.76. The number of aryl methyl sites for hydroxylation is 2.